The van der Waals surface area contributed by atoms with Gasteiger partial charge in [0.1, 0.15) is 6.54 Å². The fourth-order valence-electron chi connectivity index (χ4n) is 4.60. The van der Waals surface area contributed by atoms with Crippen LogP contribution in [0.5, 0.6) is 11.5 Å². The van der Waals surface area contributed by atoms with E-state index in [0.717, 1.165) is 32.2 Å². The first-order valence-electron chi connectivity index (χ1n) is 11.1. The normalized spacial score (nSPS) is 18.8. The maximum absolute atomic E-state index is 12.0. The van der Waals surface area contributed by atoms with E-state index in [9.17, 15) is 9.59 Å². The van der Waals surface area contributed by atoms with Crippen molar-refractivity contribution in [2.24, 2.45) is 0 Å². The number of quaternary nitrogens is 1. The smallest absolute Gasteiger partial charge is 0.311 e. The maximum atomic E-state index is 12.0. The van der Waals surface area contributed by atoms with Gasteiger partial charge in [0.25, 0.3) is 0 Å². The minimum Gasteiger partial charge on any atom is -1.00 e. The molecular formula is C24H30ClNO4S. The molecule has 5 nitrogen and oxygen atoms in total. The van der Waals surface area contributed by atoms with Gasteiger partial charge in [-0.15, -0.1) is 11.3 Å². The van der Waals surface area contributed by atoms with E-state index >= 15 is 0 Å². The van der Waals surface area contributed by atoms with Crippen LogP contribution in [0, 0.1) is 0 Å². The summed E-state index contributed by atoms with van der Waals surface area (Å²) < 4.78 is 11.1. The Kier molecular flexibility index (Phi) is 7.78. The number of esters is 2. The lowest BCUT2D eigenvalue weighted by molar-refractivity contribution is -0.710. The van der Waals surface area contributed by atoms with Crippen LogP contribution in [0.1, 0.15) is 78.8 Å². The fraction of sp³-hybridized carbons (Fsp3) is 0.500. The quantitative estimate of drug-likeness (QED) is 0.509. The van der Waals surface area contributed by atoms with Crippen molar-refractivity contribution in [1.29, 1.82) is 0 Å². The second-order valence-electron chi connectivity index (χ2n) is 8.11. The zero-order chi connectivity index (χ0) is 21.3. The second-order valence-corrected chi connectivity index (χ2v) is 9.34. The van der Waals surface area contributed by atoms with Crippen molar-refractivity contribution in [2.45, 2.75) is 77.8 Å². The highest BCUT2D eigenvalue weighted by Gasteiger charge is 2.40. The van der Waals surface area contributed by atoms with Gasteiger partial charge in [-0.25, -0.2) is 0 Å². The van der Waals surface area contributed by atoms with Crippen molar-refractivity contribution < 1.29 is 36.8 Å². The average Bonchev–Trinajstić information content (AvgIpc) is 3.16. The Morgan fingerprint density at radius 1 is 1.03 bits per heavy atom. The third-order valence-corrected chi connectivity index (χ3v) is 7.30. The third kappa shape index (κ3) is 4.81. The van der Waals surface area contributed by atoms with Crippen LogP contribution in [0.15, 0.2) is 18.2 Å². The molecule has 2 heterocycles. The first kappa shape index (κ1) is 23.8. The molecule has 0 bridgehead atoms. The van der Waals surface area contributed by atoms with Crippen molar-refractivity contribution in [2.75, 3.05) is 0 Å². The number of hydrogen-bond acceptors (Lipinski definition) is 5. The van der Waals surface area contributed by atoms with E-state index in [0.29, 0.717) is 17.5 Å². The lowest BCUT2D eigenvalue weighted by Crippen LogP contribution is -3.00. The van der Waals surface area contributed by atoms with Gasteiger partial charge in [0.05, 0.1) is 16.8 Å². The van der Waals surface area contributed by atoms with Gasteiger partial charge in [-0.2, -0.15) is 0 Å². The Hall–Kier alpha value is -1.89. The van der Waals surface area contributed by atoms with Crippen LogP contribution in [0.2, 0.25) is 0 Å². The topological polar surface area (TPSA) is 69.2 Å². The van der Waals surface area contributed by atoms with Crippen LogP contribution in [-0.2, 0) is 29.0 Å². The number of ether oxygens (including phenoxy) is 2. The third-order valence-electron chi connectivity index (χ3n) is 6.07. The summed E-state index contributed by atoms with van der Waals surface area (Å²) in [4.78, 5) is 26.9. The highest BCUT2D eigenvalue weighted by molar-refractivity contribution is 7.12. The van der Waals surface area contributed by atoms with Crippen LogP contribution in [0.3, 0.4) is 0 Å². The highest BCUT2D eigenvalue weighted by Crippen LogP contribution is 2.45. The number of rotatable bonds is 6. The summed E-state index contributed by atoms with van der Waals surface area (Å²) in [6.07, 6.45) is 4.84. The van der Waals surface area contributed by atoms with Crippen molar-refractivity contribution in [3.8, 4) is 11.5 Å². The molecule has 0 saturated carbocycles. The van der Waals surface area contributed by atoms with Crippen molar-refractivity contribution in [3.63, 3.8) is 0 Å². The number of benzene rings is 1. The summed E-state index contributed by atoms with van der Waals surface area (Å²) >= 11 is 1.94. The van der Waals surface area contributed by atoms with Gasteiger partial charge in [0, 0.05) is 24.1 Å². The predicted octanol–water partition coefficient (Wildman–Crippen LogP) is 0.859. The Labute approximate surface area is 193 Å². The number of carbonyl (C=O) groups is 2. The van der Waals surface area contributed by atoms with Crippen LogP contribution in [0.25, 0.3) is 0 Å². The molecule has 4 rings (SSSR count). The molecule has 1 aliphatic heterocycles. The molecule has 0 radical (unpaired) electrons. The molecule has 0 saturated heterocycles. The van der Waals surface area contributed by atoms with E-state index in [4.69, 9.17) is 9.47 Å². The first-order chi connectivity index (χ1) is 14.5. The van der Waals surface area contributed by atoms with E-state index in [-0.39, 0.29) is 43.1 Å². The molecule has 168 valence electrons. The molecule has 0 unspecified atom stereocenters. The number of hydrogen-bond donors (Lipinski definition) is 1. The number of aryl methyl sites for hydroxylation is 2. The zero-order valence-corrected chi connectivity index (χ0v) is 19.9. The molecule has 7 heteroatoms. The van der Waals surface area contributed by atoms with Crippen LogP contribution in [-0.4, -0.2) is 18.0 Å². The summed E-state index contributed by atoms with van der Waals surface area (Å²) in [5, 5.41) is 2.46. The molecule has 2 aliphatic rings. The van der Waals surface area contributed by atoms with Crippen molar-refractivity contribution >= 4 is 23.3 Å². The SMILES string of the molecule is CCCc1cc2c(s1)C[NH2+][C@@H]1CCc3cc(OC(=O)CC)c(OC(=O)CC)cc3[C@@H]21.[Cl-]. The highest BCUT2D eigenvalue weighted by atomic mass is 35.5. The van der Waals surface area contributed by atoms with E-state index in [1.54, 1.807) is 13.8 Å². The molecule has 0 amide bonds. The van der Waals surface area contributed by atoms with Gasteiger partial charge >= 0.3 is 11.9 Å². The summed E-state index contributed by atoms with van der Waals surface area (Å²) in [5.74, 6) is 0.354. The van der Waals surface area contributed by atoms with Gasteiger partial charge in [0.15, 0.2) is 11.5 Å². The molecule has 2 aromatic rings. The van der Waals surface area contributed by atoms with Gasteiger partial charge in [0.2, 0.25) is 0 Å². The number of fused-ring (bicyclic) bond motifs is 5. The predicted molar refractivity (Wildman–Crippen MR) is 116 cm³/mol. The molecule has 1 aromatic heterocycles. The Morgan fingerprint density at radius 3 is 2.35 bits per heavy atom. The summed E-state index contributed by atoms with van der Waals surface area (Å²) in [6, 6.07) is 6.77. The van der Waals surface area contributed by atoms with Crippen LogP contribution >= 0.6 is 11.3 Å². The first-order valence-corrected chi connectivity index (χ1v) is 11.9. The van der Waals surface area contributed by atoms with Crippen molar-refractivity contribution in [1.82, 2.24) is 0 Å². The van der Waals surface area contributed by atoms with E-state index in [1.165, 1.54) is 26.4 Å². The largest absolute Gasteiger partial charge is 1.00 e. The van der Waals surface area contributed by atoms with Gasteiger partial charge < -0.3 is 27.2 Å². The van der Waals surface area contributed by atoms with E-state index in [2.05, 4.69) is 18.3 Å². The van der Waals surface area contributed by atoms with Gasteiger partial charge in [-0.1, -0.05) is 27.2 Å². The number of nitrogens with two attached hydrogens (primary N) is 1. The van der Waals surface area contributed by atoms with Crippen LogP contribution in [0.4, 0.5) is 0 Å². The molecule has 0 spiro atoms. The van der Waals surface area contributed by atoms with Gasteiger partial charge in [-0.05, 0) is 47.7 Å². The van der Waals surface area contributed by atoms with Gasteiger partial charge in [-0.3, -0.25) is 9.59 Å². The second kappa shape index (κ2) is 10.2. The molecule has 31 heavy (non-hydrogen) atoms. The summed E-state index contributed by atoms with van der Waals surface area (Å²) in [7, 11) is 0. The Morgan fingerprint density at radius 2 is 1.71 bits per heavy atom. The van der Waals surface area contributed by atoms with Crippen molar-refractivity contribution in [3.05, 3.63) is 44.6 Å². The molecule has 2 N–H and O–H groups in total. The average molecular weight is 464 g/mol. The number of halogens is 1. The number of carbonyl (C=O) groups excluding carboxylic acids is 2. The maximum Gasteiger partial charge on any atom is 0.311 e. The molecule has 1 aromatic carbocycles. The minimum atomic E-state index is -0.326. The van der Waals surface area contributed by atoms with E-state index < -0.39 is 0 Å². The Bertz CT molecular complexity index is 971. The van der Waals surface area contributed by atoms with E-state index in [1.807, 2.05) is 23.5 Å². The number of thiophene rings is 1. The molecular weight excluding hydrogens is 434 g/mol. The monoisotopic (exact) mass is 463 g/mol. The van der Waals surface area contributed by atoms with Crippen LogP contribution < -0.4 is 27.2 Å². The lowest BCUT2D eigenvalue weighted by Gasteiger charge is -2.35. The molecule has 0 fully saturated rings. The standard InChI is InChI=1S/C24H29NO4S.ClH/c1-4-7-15-11-17-21(30-15)13-25-18-9-8-14-10-19(28-22(26)5-2)20(29-23(27)6-3)12-16(14)24(17)18;/h10-12,18,24-25H,4-9,13H2,1-3H3;1H/t18-,24+;/m1./s1. The minimum absolute atomic E-state index is 0. The summed E-state index contributed by atoms with van der Waals surface area (Å²) in [5.41, 5.74) is 3.83. The molecule has 2 atom stereocenters. The lowest BCUT2D eigenvalue weighted by atomic mass is 9.74. The Balaban J connectivity index is 0.00000272. The fourth-order valence-corrected chi connectivity index (χ4v) is 5.89. The summed E-state index contributed by atoms with van der Waals surface area (Å²) in [6.45, 7) is 6.78. The molecule has 1 aliphatic carbocycles. The zero-order valence-electron chi connectivity index (χ0n) is 18.3.